The molecule has 0 unspecified atom stereocenters. The fourth-order valence-corrected chi connectivity index (χ4v) is 6.18. The molecule has 2 aliphatic heterocycles. The van der Waals surface area contributed by atoms with E-state index in [0.717, 1.165) is 31.6 Å². The van der Waals surface area contributed by atoms with Gasteiger partial charge in [0.2, 0.25) is 15.9 Å². The van der Waals surface area contributed by atoms with Crippen LogP contribution in [0.2, 0.25) is 0 Å². The molecular weight excluding hydrogens is 470 g/mol. The SMILES string of the molecule is CCOc1ncc(S(=O)(=O)N2CCN(CC)CC2)cc1-c1nc2c3n(nc2c(=O)[nH]1)CC[C@@H](C)C3. The minimum atomic E-state index is -3.77. The Morgan fingerprint density at radius 3 is 2.63 bits per heavy atom. The first-order valence-electron chi connectivity index (χ1n) is 12.2. The number of nitrogens with one attached hydrogen (secondary N) is 1. The minimum absolute atomic E-state index is 0.0503. The summed E-state index contributed by atoms with van der Waals surface area (Å²) >= 11 is 0. The highest BCUT2D eigenvalue weighted by molar-refractivity contribution is 7.89. The van der Waals surface area contributed by atoms with Crippen molar-refractivity contribution in [3.63, 3.8) is 0 Å². The average molecular weight is 502 g/mol. The summed E-state index contributed by atoms with van der Waals surface area (Å²) in [5.41, 5.74) is 1.73. The summed E-state index contributed by atoms with van der Waals surface area (Å²) in [6.45, 7) is 10.2. The van der Waals surface area contributed by atoms with Crippen molar-refractivity contribution in [2.75, 3.05) is 39.3 Å². The number of ether oxygens (including phenoxy) is 1. The molecule has 1 fully saturated rings. The first-order valence-corrected chi connectivity index (χ1v) is 13.6. The van der Waals surface area contributed by atoms with Gasteiger partial charge in [0.25, 0.3) is 5.56 Å². The molecule has 1 N–H and O–H groups in total. The van der Waals surface area contributed by atoms with Gasteiger partial charge < -0.3 is 14.6 Å². The number of fused-ring (bicyclic) bond motifs is 3. The number of rotatable bonds is 6. The molecule has 35 heavy (non-hydrogen) atoms. The van der Waals surface area contributed by atoms with Crippen LogP contribution in [0.25, 0.3) is 22.4 Å². The van der Waals surface area contributed by atoms with E-state index in [1.807, 2.05) is 11.6 Å². The number of likely N-dealkylation sites (N-methyl/N-ethyl adjacent to an activating group) is 1. The number of aromatic nitrogens is 5. The van der Waals surface area contributed by atoms with Crippen molar-refractivity contribution < 1.29 is 13.2 Å². The molecule has 0 aliphatic carbocycles. The summed E-state index contributed by atoms with van der Waals surface area (Å²) in [6.07, 6.45) is 3.09. The van der Waals surface area contributed by atoms with Crippen molar-refractivity contribution in [1.29, 1.82) is 0 Å². The number of aromatic amines is 1. The number of aryl methyl sites for hydroxylation is 1. The van der Waals surface area contributed by atoms with Gasteiger partial charge in [-0.2, -0.15) is 9.40 Å². The van der Waals surface area contributed by atoms with E-state index in [0.29, 0.717) is 55.3 Å². The second-order valence-electron chi connectivity index (χ2n) is 9.17. The zero-order chi connectivity index (χ0) is 24.7. The maximum Gasteiger partial charge on any atom is 0.279 e. The van der Waals surface area contributed by atoms with Gasteiger partial charge in [-0.25, -0.2) is 18.4 Å². The highest BCUT2D eigenvalue weighted by atomic mass is 32.2. The molecule has 0 saturated carbocycles. The van der Waals surface area contributed by atoms with Crippen molar-refractivity contribution in [2.24, 2.45) is 5.92 Å². The maximum absolute atomic E-state index is 13.4. The van der Waals surface area contributed by atoms with Crippen LogP contribution in [0.3, 0.4) is 0 Å². The van der Waals surface area contributed by atoms with Crippen LogP contribution in [-0.4, -0.2) is 81.7 Å². The van der Waals surface area contributed by atoms with Crippen molar-refractivity contribution in [3.05, 3.63) is 28.3 Å². The second kappa shape index (κ2) is 9.32. The van der Waals surface area contributed by atoms with Gasteiger partial charge in [-0.1, -0.05) is 13.8 Å². The van der Waals surface area contributed by atoms with E-state index in [4.69, 9.17) is 9.72 Å². The van der Waals surface area contributed by atoms with Crippen LogP contribution < -0.4 is 10.3 Å². The molecule has 0 bridgehead atoms. The summed E-state index contributed by atoms with van der Waals surface area (Å²) in [6, 6.07) is 1.50. The van der Waals surface area contributed by atoms with Crippen LogP contribution in [0, 0.1) is 5.92 Å². The molecule has 5 heterocycles. The van der Waals surface area contributed by atoms with E-state index in [2.05, 4.69) is 33.8 Å². The lowest BCUT2D eigenvalue weighted by Gasteiger charge is -2.33. The average Bonchev–Trinajstić information content (AvgIpc) is 3.23. The molecule has 188 valence electrons. The van der Waals surface area contributed by atoms with Crippen LogP contribution in [0.15, 0.2) is 22.0 Å². The van der Waals surface area contributed by atoms with Gasteiger partial charge in [0, 0.05) is 32.7 Å². The summed E-state index contributed by atoms with van der Waals surface area (Å²) in [4.78, 5) is 27.1. The summed E-state index contributed by atoms with van der Waals surface area (Å²) in [5, 5.41) is 4.47. The zero-order valence-corrected chi connectivity index (χ0v) is 21.1. The first kappa shape index (κ1) is 23.9. The van der Waals surface area contributed by atoms with Gasteiger partial charge in [-0.05, 0) is 38.3 Å². The van der Waals surface area contributed by atoms with Crippen molar-refractivity contribution in [3.8, 4) is 17.3 Å². The van der Waals surface area contributed by atoms with Crippen molar-refractivity contribution >= 4 is 21.1 Å². The van der Waals surface area contributed by atoms with Crippen molar-refractivity contribution in [2.45, 2.75) is 45.1 Å². The molecule has 2 aliphatic rings. The van der Waals surface area contributed by atoms with Gasteiger partial charge in [0.15, 0.2) is 5.52 Å². The summed E-state index contributed by atoms with van der Waals surface area (Å²) in [7, 11) is -3.77. The highest BCUT2D eigenvalue weighted by Gasteiger charge is 2.30. The van der Waals surface area contributed by atoms with E-state index in [1.165, 1.54) is 16.6 Å². The van der Waals surface area contributed by atoms with E-state index < -0.39 is 10.0 Å². The Morgan fingerprint density at radius 1 is 1.14 bits per heavy atom. The molecule has 0 aromatic carbocycles. The van der Waals surface area contributed by atoms with Crippen LogP contribution >= 0.6 is 0 Å². The third-order valence-corrected chi connectivity index (χ3v) is 8.72. The molecule has 3 aromatic heterocycles. The van der Waals surface area contributed by atoms with Gasteiger partial charge in [0.1, 0.15) is 16.2 Å². The Hall–Kier alpha value is -2.83. The number of sulfonamides is 1. The highest BCUT2D eigenvalue weighted by Crippen LogP contribution is 2.31. The topological polar surface area (TPSA) is 126 Å². The molecular formula is C23H31N7O4S. The lowest BCUT2D eigenvalue weighted by atomic mass is 9.98. The van der Waals surface area contributed by atoms with Crippen LogP contribution in [0.4, 0.5) is 0 Å². The molecule has 1 atom stereocenters. The fraction of sp³-hybridized carbons (Fsp3) is 0.565. The fourth-order valence-electron chi connectivity index (χ4n) is 4.78. The van der Waals surface area contributed by atoms with Crippen LogP contribution in [-0.2, 0) is 23.0 Å². The van der Waals surface area contributed by atoms with E-state index in [1.54, 1.807) is 0 Å². The number of piperazine rings is 1. The standard InChI is InChI=1S/C23H31N7O4S/c1-4-28-8-10-29(11-9-28)35(32,33)16-13-17(23(24-14-16)34-5-2)21-25-19-18-12-15(3)6-7-30(18)27-20(19)22(31)26-21/h13-15H,4-12H2,1-3H3,(H,25,26,31)/t15-/m1/s1. The van der Waals surface area contributed by atoms with Gasteiger partial charge in [0.05, 0.1) is 24.1 Å². The lowest BCUT2D eigenvalue weighted by Crippen LogP contribution is -2.48. The number of pyridine rings is 1. The monoisotopic (exact) mass is 501 g/mol. The summed E-state index contributed by atoms with van der Waals surface area (Å²) < 4.78 is 35.9. The van der Waals surface area contributed by atoms with E-state index in [9.17, 15) is 13.2 Å². The van der Waals surface area contributed by atoms with E-state index >= 15 is 0 Å². The minimum Gasteiger partial charge on any atom is -0.477 e. The molecule has 11 nitrogen and oxygen atoms in total. The predicted molar refractivity (Wildman–Crippen MR) is 131 cm³/mol. The van der Waals surface area contributed by atoms with Crippen LogP contribution in [0.5, 0.6) is 5.88 Å². The van der Waals surface area contributed by atoms with E-state index in [-0.39, 0.29) is 22.2 Å². The normalized spacial score (nSPS) is 19.7. The Labute approximate surface area is 204 Å². The number of hydrogen-bond donors (Lipinski definition) is 1. The Kier molecular flexibility index (Phi) is 6.36. The third-order valence-electron chi connectivity index (χ3n) is 6.85. The molecule has 0 amide bonds. The number of nitrogens with zero attached hydrogens (tertiary/aromatic N) is 6. The number of hydrogen-bond acceptors (Lipinski definition) is 8. The molecule has 0 spiro atoms. The molecule has 12 heteroatoms. The molecule has 3 aromatic rings. The van der Waals surface area contributed by atoms with Gasteiger partial charge in [-0.15, -0.1) is 0 Å². The molecule has 5 rings (SSSR count). The maximum atomic E-state index is 13.4. The second-order valence-corrected chi connectivity index (χ2v) is 11.1. The zero-order valence-electron chi connectivity index (χ0n) is 20.3. The Bertz CT molecular complexity index is 1410. The largest absolute Gasteiger partial charge is 0.477 e. The molecule has 0 radical (unpaired) electrons. The van der Waals surface area contributed by atoms with Gasteiger partial charge in [-0.3, -0.25) is 9.48 Å². The predicted octanol–water partition coefficient (Wildman–Crippen LogP) is 1.49. The van der Waals surface area contributed by atoms with Crippen molar-refractivity contribution in [1.82, 2.24) is 33.9 Å². The third kappa shape index (κ3) is 4.34. The number of H-pyrrole nitrogens is 1. The van der Waals surface area contributed by atoms with Crippen LogP contribution in [0.1, 0.15) is 32.9 Å². The Morgan fingerprint density at radius 2 is 1.91 bits per heavy atom. The quantitative estimate of drug-likeness (QED) is 0.538. The summed E-state index contributed by atoms with van der Waals surface area (Å²) in [5.74, 6) is 0.911. The Balaban J connectivity index is 1.59. The smallest absolute Gasteiger partial charge is 0.279 e. The molecule has 1 saturated heterocycles. The van der Waals surface area contributed by atoms with Gasteiger partial charge >= 0.3 is 0 Å². The lowest BCUT2D eigenvalue weighted by molar-refractivity contribution is 0.196. The first-order chi connectivity index (χ1) is 16.8.